The molecule has 0 aliphatic carbocycles. The van der Waals surface area contributed by atoms with E-state index < -0.39 is 6.03 Å². The summed E-state index contributed by atoms with van der Waals surface area (Å²) in [6.45, 7) is 0.152. The summed E-state index contributed by atoms with van der Waals surface area (Å²) in [6.07, 6.45) is 0. The Kier molecular flexibility index (Phi) is 5.25. The second-order valence-corrected chi connectivity index (χ2v) is 5.86. The fourth-order valence-corrected chi connectivity index (χ4v) is 2.73. The van der Waals surface area contributed by atoms with Crippen LogP contribution in [0.15, 0.2) is 42.5 Å². The Labute approximate surface area is 156 Å². The van der Waals surface area contributed by atoms with Crippen LogP contribution >= 0.6 is 0 Å². The van der Waals surface area contributed by atoms with Gasteiger partial charge in [0, 0.05) is 11.3 Å². The molecule has 1 heterocycles. The summed E-state index contributed by atoms with van der Waals surface area (Å²) in [7, 11) is 3.02. The van der Waals surface area contributed by atoms with E-state index in [0.29, 0.717) is 22.7 Å². The number of nitrogens with one attached hydrogen (secondary N) is 2. The number of carbonyl (C=O) groups is 3. The lowest BCUT2D eigenvalue weighted by Crippen LogP contribution is -2.30. The zero-order valence-electron chi connectivity index (χ0n) is 14.9. The highest BCUT2D eigenvalue weighted by Gasteiger charge is 2.28. The van der Waals surface area contributed by atoms with Gasteiger partial charge in [-0.2, -0.15) is 0 Å². The molecular formula is C19H19N3O5. The Bertz CT molecular complexity index is 881. The van der Waals surface area contributed by atoms with E-state index in [-0.39, 0.29) is 24.9 Å². The molecule has 0 aromatic heterocycles. The molecule has 8 nitrogen and oxygen atoms in total. The molecule has 1 aliphatic heterocycles. The molecule has 27 heavy (non-hydrogen) atoms. The number of anilines is 1. The number of imide groups is 1. The molecule has 1 saturated heterocycles. The van der Waals surface area contributed by atoms with Crippen LogP contribution in [0.3, 0.4) is 0 Å². The van der Waals surface area contributed by atoms with Crippen molar-refractivity contribution in [1.29, 1.82) is 0 Å². The third-order valence-corrected chi connectivity index (χ3v) is 4.11. The van der Waals surface area contributed by atoms with Crippen LogP contribution in [0.5, 0.6) is 11.5 Å². The fraction of sp³-hybridized carbons (Fsp3) is 0.211. The first kappa shape index (κ1) is 18.2. The smallest absolute Gasteiger partial charge is 0.324 e. The van der Waals surface area contributed by atoms with Gasteiger partial charge in [-0.3, -0.25) is 14.5 Å². The predicted octanol–water partition coefficient (Wildman–Crippen LogP) is 2.01. The first-order valence-corrected chi connectivity index (χ1v) is 8.22. The highest BCUT2D eigenvalue weighted by Crippen LogP contribution is 2.28. The van der Waals surface area contributed by atoms with E-state index in [4.69, 9.17) is 9.47 Å². The van der Waals surface area contributed by atoms with Crippen LogP contribution in [-0.2, 0) is 11.3 Å². The number of ether oxygens (including phenoxy) is 2. The molecule has 140 valence electrons. The summed E-state index contributed by atoms with van der Waals surface area (Å²) in [6, 6.07) is 11.4. The molecule has 0 spiro atoms. The van der Waals surface area contributed by atoms with Crippen LogP contribution in [-0.4, -0.2) is 43.5 Å². The average molecular weight is 369 g/mol. The Balaban J connectivity index is 1.73. The lowest BCUT2D eigenvalue weighted by atomic mass is 10.1. The van der Waals surface area contributed by atoms with Crippen LogP contribution in [0.1, 0.15) is 15.9 Å². The summed E-state index contributed by atoms with van der Waals surface area (Å²) in [5.41, 5.74) is 1.69. The maximum absolute atomic E-state index is 12.5. The first-order chi connectivity index (χ1) is 13.0. The third kappa shape index (κ3) is 4.00. The Morgan fingerprint density at radius 1 is 1.11 bits per heavy atom. The molecule has 1 fully saturated rings. The fourth-order valence-electron chi connectivity index (χ4n) is 2.73. The van der Waals surface area contributed by atoms with Crippen LogP contribution in [0.25, 0.3) is 0 Å². The van der Waals surface area contributed by atoms with Crippen molar-refractivity contribution in [1.82, 2.24) is 10.2 Å². The summed E-state index contributed by atoms with van der Waals surface area (Å²) >= 11 is 0. The Morgan fingerprint density at radius 3 is 2.56 bits per heavy atom. The predicted molar refractivity (Wildman–Crippen MR) is 97.9 cm³/mol. The van der Waals surface area contributed by atoms with E-state index in [1.807, 2.05) is 0 Å². The summed E-state index contributed by atoms with van der Waals surface area (Å²) in [5.74, 6) is 0.393. The van der Waals surface area contributed by atoms with Crippen LogP contribution < -0.4 is 20.1 Å². The van der Waals surface area contributed by atoms with Crippen molar-refractivity contribution in [2.24, 2.45) is 0 Å². The lowest BCUT2D eigenvalue weighted by molar-refractivity contribution is -0.125. The van der Waals surface area contributed by atoms with Crippen molar-refractivity contribution in [3.8, 4) is 11.5 Å². The van der Waals surface area contributed by atoms with Crippen molar-refractivity contribution in [2.75, 3.05) is 26.1 Å². The maximum Gasteiger partial charge on any atom is 0.324 e. The van der Waals surface area contributed by atoms with Crippen molar-refractivity contribution in [3.63, 3.8) is 0 Å². The molecule has 0 atom stereocenters. The zero-order chi connectivity index (χ0) is 19.4. The van der Waals surface area contributed by atoms with Crippen molar-refractivity contribution >= 4 is 23.5 Å². The zero-order valence-corrected chi connectivity index (χ0v) is 14.9. The van der Waals surface area contributed by atoms with Crippen molar-refractivity contribution in [3.05, 3.63) is 53.6 Å². The van der Waals surface area contributed by atoms with Gasteiger partial charge in [-0.15, -0.1) is 0 Å². The van der Waals surface area contributed by atoms with Crippen LogP contribution in [0, 0.1) is 0 Å². The lowest BCUT2D eigenvalue weighted by Gasteiger charge is -2.14. The van der Waals surface area contributed by atoms with Crippen molar-refractivity contribution in [2.45, 2.75) is 6.54 Å². The normalized spacial score (nSPS) is 13.3. The van der Waals surface area contributed by atoms with Gasteiger partial charge in [0.2, 0.25) is 5.91 Å². The van der Waals surface area contributed by atoms with Crippen LogP contribution in [0.2, 0.25) is 0 Å². The second kappa shape index (κ2) is 7.77. The van der Waals surface area contributed by atoms with Gasteiger partial charge < -0.3 is 20.1 Å². The monoisotopic (exact) mass is 369 g/mol. The van der Waals surface area contributed by atoms with Gasteiger partial charge in [0.15, 0.2) is 11.5 Å². The second-order valence-electron chi connectivity index (χ2n) is 5.86. The van der Waals surface area contributed by atoms with Gasteiger partial charge in [-0.25, -0.2) is 4.79 Å². The standard InChI is InChI=1S/C19H19N3O5/c1-26-15-7-6-13(9-16(15)27-2)18(24)21-14-5-3-4-12(8-14)11-22-17(23)10-20-19(22)25/h3-9H,10-11H2,1-2H3,(H,20,25)(H,21,24). The molecule has 2 aromatic rings. The van der Waals surface area contributed by atoms with E-state index >= 15 is 0 Å². The van der Waals surface area contributed by atoms with E-state index in [0.717, 1.165) is 10.5 Å². The minimum Gasteiger partial charge on any atom is -0.493 e. The molecular weight excluding hydrogens is 350 g/mol. The molecule has 8 heteroatoms. The van der Waals surface area contributed by atoms with Gasteiger partial charge in [0.25, 0.3) is 5.91 Å². The Morgan fingerprint density at radius 2 is 1.89 bits per heavy atom. The van der Waals surface area contributed by atoms with Gasteiger partial charge in [0.1, 0.15) is 0 Å². The van der Waals surface area contributed by atoms with Crippen LogP contribution in [0.4, 0.5) is 10.5 Å². The highest BCUT2D eigenvalue weighted by atomic mass is 16.5. The average Bonchev–Trinajstić information content (AvgIpc) is 2.99. The topological polar surface area (TPSA) is 97.0 Å². The number of amides is 4. The summed E-state index contributed by atoms with van der Waals surface area (Å²) in [4.78, 5) is 37.0. The summed E-state index contributed by atoms with van der Waals surface area (Å²) in [5, 5.41) is 5.27. The number of benzene rings is 2. The molecule has 1 aliphatic rings. The Hall–Kier alpha value is -3.55. The summed E-state index contributed by atoms with van der Waals surface area (Å²) < 4.78 is 10.4. The number of carbonyl (C=O) groups excluding carboxylic acids is 3. The maximum atomic E-state index is 12.5. The molecule has 0 bridgehead atoms. The van der Waals surface area contributed by atoms with Crippen molar-refractivity contribution < 1.29 is 23.9 Å². The molecule has 4 amide bonds. The van der Waals surface area contributed by atoms with Gasteiger partial charge >= 0.3 is 6.03 Å². The number of methoxy groups -OCH3 is 2. The third-order valence-electron chi connectivity index (χ3n) is 4.11. The van der Waals surface area contributed by atoms with E-state index in [2.05, 4.69) is 10.6 Å². The number of urea groups is 1. The first-order valence-electron chi connectivity index (χ1n) is 8.22. The SMILES string of the molecule is COc1ccc(C(=O)Nc2cccc(CN3C(=O)CNC3=O)c2)cc1OC. The van der Waals surface area contributed by atoms with E-state index in [1.165, 1.54) is 14.2 Å². The van der Waals surface area contributed by atoms with Gasteiger partial charge in [0.05, 0.1) is 27.3 Å². The number of nitrogens with zero attached hydrogens (tertiary/aromatic N) is 1. The molecule has 0 unspecified atom stereocenters. The minimum absolute atomic E-state index is 0.00849. The molecule has 0 radical (unpaired) electrons. The number of hydrogen-bond donors (Lipinski definition) is 2. The number of rotatable bonds is 6. The molecule has 3 rings (SSSR count). The largest absolute Gasteiger partial charge is 0.493 e. The molecule has 0 saturated carbocycles. The van der Waals surface area contributed by atoms with E-state index in [1.54, 1.807) is 42.5 Å². The highest BCUT2D eigenvalue weighted by molar-refractivity contribution is 6.05. The molecule has 2 aromatic carbocycles. The molecule has 2 N–H and O–H groups in total. The van der Waals surface area contributed by atoms with Gasteiger partial charge in [-0.1, -0.05) is 12.1 Å². The minimum atomic E-state index is -0.417. The van der Waals surface area contributed by atoms with Gasteiger partial charge in [-0.05, 0) is 35.9 Å². The quantitative estimate of drug-likeness (QED) is 0.759. The number of hydrogen-bond acceptors (Lipinski definition) is 5. The van der Waals surface area contributed by atoms with E-state index in [9.17, 15) is 14.4 Å².